The first-order valence-electron chi connectivity index (χ1n) is 9.02. The molecule has 2 aromatic heterocycles. The van der Waals surface area contributed by atoms with Crippen molar-refractivity contribution in [2.24, 2.45) is 0 Å². The van der Waals surface area contributed by atoms with Gasteiger partial charge in [-0.05, 0) is 49.1 Å². The van der Waals surface area contributed by atoms with Gasteiger partial charge in [0.25, 0.3) is 11.8 Å². The van der Waals surface area contributed by atoms with Crippen molar-refractivity contribution in [2.45, 2.75) is 19.3 Å². The van der Waals surface area contributed by atoms with Crippen LogP contribution in [-0.4, -0.2) is 47.4 Å². The second-order valence-corrected chi connectivity index (χ2v) is 7.91. The quantitative estimate of drug-likeness (QED) is 0.717. The van der Waals surface area contributed by atoms with E-state index in [2.05, 4.69) is 15.3 Å². The molecule has 0 unspecified atom stereocenters. The van der Waals surface area contributed by atoms with Crippen molar-refractivity contribution in [1.29, 1.82) is 0 Å². The molecule has 0 spiro atoms. The molecule has 0 radical (unpaired) electrons. The van der Waals surface area contributed by atoms with Crippen molar-refractivity contribution in [3.8, 4) is 5.88 Å². The van der Waals surface area contributed by atoms with E-state index in [0.29, 0.717) is 17.1 Å². The van der Waals surface area contributed by atoms with Gasteiger partial charge >= 0.3 is 0 Å². The number of fused-ring (bicyclic) bond motifs is 3. The van der Waals surface area contributed by atoms with E-state index >= 15 is 0 Å². The van der Waals surface area contributed by atoms with Gasteiger partial charge in [0.2, 0.25) is 5.88 Å². The normalized spacial score (nSPS) is 12.6. The maximum atomic E-state index is 12.3. The van der Waals surface area contributed by atoms with Crippen molar-refractivity contribution >= 4 is 39.1 Å². The van der Waals surface area contributed by atoms with Crippen LogP contribution in [0.5, 0.6) is 5.88 Å². The van der Waals surface area contributed by atoms with Crippen LogP contribution in [0.1, 0.15) is 27.2 Å². The van der Waals surface area contributed by atoms with Crippen LogP contribution in [-0.2, 0) is 17.6 Å². The maximum Gasteiger partial charge on any atom is 0.262 e. The first-order chi connectivity index (χ1) is 13.5. The number of amides is 2. The molecule has 0 atom stereocenters. The zero-order valence-electron chi connectivity index (χ0n) is 15.7. The SMILES string of the molecule is CN(C)C(=O)c1ccc(NC(=O)COc2ncnc3sc4c(c23)CCC4)cc1. The van der Waals surface area contributed by atoms with E-state index in [1.165, 1.54) is 21.7 Å². The number of benzene rings is 1. The molecule has 2 amide bonds. The van der Waals surface area contributed by atoms with Crippen LogP contribution < -0.4 is 10.1 Å². The van der Waals surface area contributed by atoms with Gasteiger partial charge in [-0.2, -0.15) is 0 Å². The summed E-state index contributed by atoms with van der Waals surface area (Å²) in [6.45, 7) is -0.144. The van der Waals surface area contributed by atoms with Gasteiger partial charge in [0.05, 0.1) is 5.39 Å². The summed E-state index contributed by atoms with van der Waals surface area (Å²) in [4.78, 5) is 36.5. The Morgan fingerprint density at radius 3 is 2.71 bits per heavy atom. The minimum absolute atomic E-state index is 0.0858. The Hall–Kier alpha value is -3.00. The highest BCUT2D eigenvalue weighted by atomic mass is 32.1. The molecule has 2 heterocycles. The lowest BCUT2D eigenvalue weighted by Crippen LogP contribution is -2.22. The molecule has 144 valence electrons. The van der Waals surface area contributed by atoms with Gasteiger partial charge < -0.3 is 15.0 Å². The average molecular weight is 396 g/mol. The number of ether oxygens (including phenoxy) is 1. The summed E-state index contributed by atoms with van der Waals surface area (Å²) in [5, 5.41) is 3.72. The number of anilines is 1. The van der Waals surface area contributed by atoms with Crippen molar-refractivity contribution in [3.63, 3.8) is 0 Å². The Balaban J connectivity index is 1.41. The van der Waals surface area contributed by atoms with E-state index in [1.54, 1.807) is 49.7 Å². The molecular formula is C20H20N4O3S. The minimum atomic E-state index is -0.287. The molecule has 0 saturated heterocycles. The summed E-state index contributed by atoms with van der Waals surface area (Å²) >= 11 is 1.68. The fourth-order valence-electron chi connectivity index (χ4n) is 3.29. The number of thiophene rings is 1. The number of nitrogens with one attached hydrogen (secondary N) is 1. The standard InChI is InChI=1S/C20H20N4O3S/c1-24(2)20(26)12-6-8-13(9-7-12)23-16(25)10-27-18-17-14-4-3-5-15(14)28-19(17)22-11-21-18/h6-9,11H,3-5,10H2,1-2H3,(H,23,25). The molecule has 1 aliphatic carbocycles. The van der Waals surface area contributed by atoms with Crippen LogP contribution in [0.4, 0.5) is 5.69 Å². The average Bonchev–Trinajstić information content (AvgIpc) is 3.27. The topological polar surface area (TPSA) is 84.4 Å². The van der Waals surface area contributed by atoms with E-state index < -0.39 is 0 Å². The fraction of sp³-hybridized carbons (Fsp3) is 0.300. The Bertz CT molecular complexity index is 1040. The third-order valence-corrected chi connectivity index (χ3v) is 5.83. The second kappa shape index (κ2) is 7.55. The lowest BCUT2D eigenvalue weighted by atomic mass is 10.2. The number of nitrogens with zero attached hydrogens (tertiary/aromatic N) is 3. The summed E-state index contributed by atoms with van der Waals surface area (Å²) < 4.78 is 5.71. The van der Waals surface area contributed by atoms with Crippen LogP contribution in [0.25, 0.3) is 10.2 Å². The zero-order valence-corrected chi connectivity index (χ0v) is 16.5. The molecule has 0 aliphatic heterocycles. The summed E-state index contributed by atoms with van der Waals surface area (Å²) in [7, 11) is 3.39. The van der Waals surface area contributed by atoms with Crippen LogP contribution in [0.15, 0.2) is 30.6 Å². The maximum absolute atomic E-state index is 12.3. The summed E-state index contributed by atoms with van der Waals surface area (Å²) in [5.41, 5.74) is 2.43. The molecule has 1 N–H and O–H groups in total. The van der Waals surface area contributed by atoms with E-state index in [-0.39, 0.29) is 18.4 Å². The van der Waals surface area contributed by atoms with Crippen molar-refractivity contribution in [3.05, 3.63) is 46.6 Å². The highest BCUT2D eigenvalue weighted by Crippen LogP contribution is 2.39. The predicted molar refractivity (Wildman–Crippen MR) is 108 cm³/mol. The molecule has 0 fully saturated rings. The lowest BCUT2D eigenvalue weighted by Gasteiger charge is -2.11. The van der Waals surface area contributed by atoms with Crippen molar-refractivity contribution in [1.82, 2.24) is 14.9 Å². The van der Waals surface area contributed by atoms with E-state index in [0.717, 1.165) is 29.5 Å². The van der Waals surface area contributed by atoms with Crippen LogP contribution in [0.3, 0.4) is 0 Å². The number of hydrogen-bond acceptors (Lipinski definition) is 6. The number of carbonyl (C=O) groups is 2. The first-order valence-corrected chi connectivity index (χ1v) is 9.84. The number of aromatic nitrogens is 2. The Kier molecular flexibility index (Phi) is 4.95. The zero-order chi connectivity index (χ0) is 19.7. The number of carbonyl (C=O) groups excluding carboxylic acids is 2. The van der Waals surface area contributed by atoms with E-state index in [1.807, 2.05) is 0 Å². The minimum Gasteiger partial charge on any atom is -0.467 e. The Morgan fingerprint density at radius 2 is 1.96 bits per heavy atom. The third kappa shape index (κ3) is 3.55. The molecule has 0 bridgehead atoms. The third-order valence-electron chi connectivity index (χ3n) is 4.63. The second-order valence-electron chi connectivity index (χ2n) is 6.83. The smallest absolute Gasteiger partial charge is 0.262 e. The van der Waals surface area contributed by atoms with Crippen molar-refractivity contribution < 1.29 is 14.3 Å². The Labute approximate surface area is 166 Å². The summed E-state index contributed by atoms with van der Waals surface area (Å²) in [5.74, 6) is 0.0917. The number of aryl methyl sites for hydroxylation is 2. The summed E-state index contributed by atoms with van der Waals surface area (Å²) in [6, 6.07) is 6.76. The first kappa shape index (κ1) is 18.4. The van der Waals surface area contributed by atoms with Crippen molar-refractivity contribution in [2.75, 3.05) is 26.0 Å². The van der Waals surface area contributed by atoms with Crippen LogP contribution >= 0.6 is 11.3 Å². The molecule has 28 heavy (non-hydrogen) atoms. The van der Waals surface area contributed by atoms with E-state index in [4.69, 9.17) is 4.74 Å². The predicted octanol–water partition coefficient (Wildman–Crippen LogP) is 2.90. The highest BCUT2D eigenvalue weighted by Gasteiger charge is 2.22. The lowest BCUT2D eigenvalue weighted by molar-refractivity contribution is -0.118. The molecule has 4 rings (SSSR count). The van der Waals surface area contributed by atoms with Gasteiger partial charge in [-0.15, -0.1) is 11.3 Å². The highest BCUT2D eigenvalue weighted by molar-refractivity contribution is 7.18. The van der Waals surface area contributed by atoms with Gasteiger partial charge in [-0.3, -0.25) is 9.59 Å². The molecule has 7 nitrogen and oxygen atoms in total. The van der Waals surface area contributed by atoms with Gasteiger partial charge in [0, 0.05) is 30.2 Å². The van der Waals surface area contributed by atoms with Crippen LogP contribution in [0.2, 0.25) is 0 Å². The summed E-state index contributed by atoms with van der Waals surface area (Å²) in [6.07, 6.45) is 4.69. The molecule has 3 aromatic rings. The molecule has 1 aromatic carbocycles. The molecule has 8 heteroatoms. The van der Waals surface area contributed by atoms with Gasteiger partial charge in [0.15, 0.2) is 6.61 Å². The largest absolute Gasteiger partial charge is 0.467 e. The number of hydrogen-bond donors (Lipinski definition) is 1. The monoisotopic (exact) mass is 396 g/mol. The molecule has 1 aliphatic rings. The fourth-order valence-corrected chi connectivity index (χ4v) is 4.51. The van der Waals surface area contributed by atoms with Gasteiger partial charge in [-0.25, -0.2) is 9.97 Å². The van der Waals surface area contributed by atoms with Crippen LogP contribution in [0, 0.1) is 0 Å². The Morgan fingerprint density at radius 1 is 1.18 bits per heavy atom. The number of rotatable bonds is 5. The van der Waals surface area contributed by atoms with Gasteiger partial charge in [0.1, 0.15) is 11.2 Å². The molecule has 0 saturated carbocycles. The molecular weight excluding hydrogens is 376 g/mol. The van der Waals surface area contributed by atoms with Gasteiger partial charge in [-0.1, -0.05) is 0 Å². The van der Waals surface area contributed by atoms with E-state index in [9.17, 15) is 9.59 Å².